The van der Waals surface area contributed by atoms with E-state index in [-0.39, 0.29) is 6.09 Å². The molecule has 3 heterocycles. The second-order valence-electron chi connectivity index (χ2n) is 8.76. The number of carbonyl (C=O) groups is 1. The van der Waals surface area contributed by atoms with Crippen LogP contribution in [0.1, 0.15) is 15.3 Å². The average molecular weight is 497 g/mol. The van der Waals surface area contributed by atoms with Crippen LogP contribution in [0.4, 0.5) is 23.7 Å². The number of carbonyl (C=O) groups excluding carboxylic acids is 1. The highest BCUT2D eigenvalue weighted by Crippen LogP contribution is 2.30. The molecule has 0 unspecified atom stereocenters. The fraction of sp³-hybridized carbons (Fsp3) is 0.542. The van der Waals surface area contributed by atoms with Crippen LogP contribution in [-0.2, 0) is 17.5 Å². The van der Waals surface area contributed by atoms with Crippen LogP contribution in [-0.4, -0.2) is 86.3 Å². The SMILES string of the molecule is Cc1ccc(CN2CCN(CCOC(=O)N3CCN(c4ccc(C(F)(F)F)cc4)CC3)CC2)s1. The Morgan fingerprint density at radius 3 is 2.15 bits per heavy atom. The Hall–Kier alpha value is -2.30. The molecule has 0 saturated carbocycles. The van der Waals surface area contributed by atoms with E-state index in [4.69, 9.17) is 4.74 Å². The average Bonchev–Trinajstić information content (AvgIpc) is 3.24. The number of anilines is 1. The predicted octanol–water partition coefficient (Wildman–Crippen LogP) is 4.15. The highest BCUT2D eigenvalue weighted by Gasteiger charge is 2.30. The van der Waals surface area contributed by atoms with Gasteiger partial charge in [-0.1, -0.05) is 0 Å². The minimum atomic E-state index is -4.34. The summed E-state index contributed by atoms with van der Waals surface area (Å²) in [6.45, 7) is 10.3. The highest BCUT2D eigenvalue weighted by atomic mass is 32.1. The maximum Gasteiger partial charge on any atom is 0.416 e. The molecule has 0 bridgehead atoms. The molecule has 0 aliphatic carbocycles. The molecule has 10 heteroatoms. The van der Waals surface area contributed by atoms with Gasteiger partial charge in [0, 0.05) is 80.9 Å². The lowest BCUT2D eigenvalue weighted by molar-refractivity contribution is -0.137. The summed E-state index contributed by atoms with van der Waals surface area (Å²) in [4.78, 5) is 23.6. The van der Waals surface area contributed by atoms with Crippen molar-refractivity contribution in [2.75, 3.05) is 70.4 Å². The van der Waals surface area contributed by atoms with Gasteiger partial charge in [-0.05, 0) is 43.3 Å². The van der Waals surface area contributed by atoms with Crippen LogP contribution in [0.3, 0.4) is 0 Å². The fourth-order valence-electron chi connectivity index (χ4n) is 4.32. The summed E-state index contributed by atoms with van der Waals surface area (Å²) in [5.41, 5.74) is 0.0758. The Labute approximate surface area is 202 Å². The molecule has 186 valence electrons. The van der Waals surface area contributed by atoms with Gasteiger partial charge in [-0.3, -0.25) is 9.80 Å². The van der Waals surface area contributed by atoms with Crippen LogP contribution in [0, 0.1) is 6.92 Å². The van der Waals surface area contributed by atoms with Crippen LogP contribution in [0.5, 0.6) is 0 Å². The van der Waals surface area contributed by atoms with Gasteiger partial charge in [0.1, 0.15) is 6.61 Å². The van der Waals surface area contributed by atoms with Gasteiger partial charge < -0.3 is 14.5 Å². The third kappa shape index (κ3) is 6.64. The maximum absolute atomic E-state index is 12.7. The van der Waals surface area contributed by atoms with Crippen molar-refractivity contribution in [1.82, 2.24) is 14.7 Å². The quantitative estimate of drug-likeness (QED) is 0.601. The van der Waals surface area contributed by atoms with E-state index in [1.165, 1.54) is 21.9 Å². The number of nitrogens with zero attached hydrogens (tertiary/aromatic N) is 4. The number of ether oxygens (including phenoxy) is 1. The van der Waals surface area contributed by atoms with E-state index in [1.54, 1.807) is 4.90 Å². The molecule has 2 aliphatic rings. The van der Waals surface area contributed by atoms with Crippen LogP contribution in [0.2, 0.25) is 0 Å². The first-order valence-electron chi connectivity index (χ1n) is 11.6. The van der Waals surface area contributed by atoms with E-state index >= 15 is 0 Å². The van der Waals surface area contributed by atoms with Gasteiger partial charge >= 0.3 is 12.3 Å². The molecule has 2 aromatic rings. The first kappa shape index (κ1) is 24.8. The topological polar surface area (TPSA) is 39.3 Å². The minimum absolute atomic E-state index is 0.321. The molecular weight excluding hydrogens is 465 g/mol. The van der Waals surface area contributed by atoms with Crippen molar-refractivity contribution in [3.63, 3.8) is 0 Å². The van der Waals surface area contributed by atoms with Gasteiger partial charge in [0.05, 0.1) is 5.56 Å². The molecule has 1 aromatic heterocycles. The Morgan fingerprint density at radius 1 is 0.912 bits per heavy atom. The summed E-state index contributed by atoms with van der Waals surface area (Å²) in [5.74, 6) is 0. The normalized spacial score (nSPS) is 18.4. The molecule has 0 atom stereocenters. The van der Waals surface area contributed by atoms with Crippen LogP contribution in [0.25, 0.3) is 0 Å². The molecule has 1 aromatic carbocycles. The van der Waals surface area contributed by atoms with Gasteiger partial charge in [-0.2, -0.15) is 13.2 Å². The van der Waals surface area contributed by atoms with E-state index in [0.717, 1.165) is 57.1 Å². The number of rotatable bonds is 6. The summed E-state index contributed by atoms with van der Waals surface area (Å²) in [7, 11) is 0. The van der Waals surface area contributed by atoms with Gasteiger partial charge in [-0.15, -0.1) is 11.3 Å². The molecule has 4 rings (SSSR count). The predicted molar refractivity (Wildman–Crippen MR) is 127 cm³/mol. The molecule has 2 fully saturated rings. The zero-order chi connectivity index (χ0) is 24.1. The monoisotopic (exact) mass is 496 g/mol. The summed E-state index contributed by atoms with van der Waals surface area (Å²) >= 11 is 1.85. The van der Waals surface area contributed by atoms with Crippen LogP contribution >= 0.6 is 11.3 Å². The van der Waals surface area contributed by atoms with Gasteiger partial charge in [0.2, 0.25) is 0 Å². The summed E-state index contributed by atoms with van der Waals surface area (Å²) in [6.07, 6.45) is -4.66. The first-order chi connectivity index (χ1) is 16.3. The Kier molecular flexibility index (Phi) is 8.00. The maximum atomic E-state index is 12.7. The molecule has 2 saturated heterocycles. The van der Waals surface area contributed by atoms with Crippen molar-refractivity contribution in [1.29, 1.82) is 0 Å². The van der Waals surface area contributed by atoms with E-state index in [0.29, 0.717) is 32.8 Å². The molecule has 0 spiro atoms. The van der Waals surface area contributed by atoms with E-state index < -0.39 is 11.7 Å². The van der Waals surface area contributed by atoms with Crippen molar-refractivity contribution in [3.05, 3.63) is 51.7 Å². The molecule has 2 aliphatic heterocycles. The molecule has 0 radical (unpaired) electrons. The standard InChI is InChI=1S/C24H31F3N4O2S/c1-19-2-7-22(34-19)18-29-10-8-28(9-11-29)16-17-33-23(32)31-14-12-30(13-15-31)21-5-3-20(4-6-21)24(25,26)27/h2-7H,8-18H2,1H3. The van der Waals surface area contributed by atoms with E-state index in [9.17, 15) is 18.0 Å². The number of piperazine rings is 2. The summed E-state index contributed by atoms with van der Waals surface area (Å²) < 4.78 is 43.7. The second kappa shape index (κ2) is 11.0. The zero-order valence-electron chi connectivity index (χ0n) is 19.4. The number of thiophene rings is 1. The highest BCUT2D eigenvalue weighted by molar-refractivity contribution is 7.11. The van der Waals surface area contributed by atoms with E-state index in [2.05, 4.69) is 28.9 Å². The van der Waals surface area contributed by atoms with Gasteiger partial charge in [0.15, 0.2) is 0 Å². The molecule has 6 nitrogen and oxygen atoms in total. The third-order valence-corrected chi connectivity index (χ3v) is 7.36. The lowest BCUT2D eigenvalue weighted by Gasteiger charge is -2.36. The van der Waals surface area contributed by atoms with Gasteiger partial charge in [0.25, 0.3) is 0 Å². The van der Waals surface area contributed by atoms with E-state index in [1.807, 2.05) is 16.2 Å². The molecule has 1 amide bonds. The third-order valence-electron chi connectivity index (χ3n) is 6.37. The lowest BCUT2D eigenvalue weighted by Crippen LogP contribution is -2.50. The van der Waals surface area contributed by atoms with Crippen LogP contribution in [0.15, 0.2) is 36.4 Å². The Morgan fingerprint density at radius 2 is 1.56 bits per heavy atom. The van der Waals surface area contributed by atoms with Crippen molar-refractivity contribution >= 4 is 23.1 Å². The first-order valence-corrected chi connectivity index (χ1v) is 12.4. The van der Waals surface area contributed by atoms with Crippen LogP contribution < -0.4 is 4.90 Å². The summed E-state index contributed by atoms with van der Waals surface area (Å²) in [6, 6.07) is 9.53. The number of benzene rings is 1. The number of alkyl halides is 3. The fourth-order valence-corrected chi connectivity index (χ4v) is 5.26. The minimum Gasteiger partial charge on any atom is -0.448 e. The largest absolute Gasteiger partial charge is 0.448 e. The molecule has 0 N–H and O–H groups in total. The number of amides is 1. The molecular formula is C24H31F3N4O2S. The number of hydrogen-bond donors (Lipinski definition) is 0. The summed E-state index contributed by atoms with van der Waals surface area (Å²) in [5, 5.41) is 0. The molecule has 34 heavy (non-hydrogen) atoms. The van der Waals surface area contributed by atoms with Crippen molar-refractivity contribution in [3.8, 4) is 0 Å². The second-order valence-corrected chi connectivity index (χ2v) is 10.1. The van der Waals surface area contributed by atoms with Crippen molar-refractivity contribution < 1.29 is 22.7 Å². The van der Waals surface area contributed by atoms with Crippen molar-refractivity contribution in [2.45, 2.75) is 19.6 Å². The lowest BCUT2D eigenvalue weighted by atomic mass is 10.1. The number of halogens is 3. The van der Waals surface area contributed by atoms with Crippen molar-refractivity contribution in [2.24, 2.45) is 0 Å². The smallest absolute Gasteiger partial charge is 0.416 e. The Balaban J connectivity index is 1.12. The zero-order valence-corrected chi connectivity index (χ0v) is 20.2. The number of aryl methyl sites for hydroxylation is 1. The number of hydrogen-bond acceptors (Lipinski definition) is 6. The van der Waals surface area contributed by atoms with Gasteiger partial charge in [-0.25, -0.2) is 4.79 Å². The Bertz CT molecular complexity index is 934.